The molecule has 0 aliphatic carbocycles. The number of carbonyl (C=O) groups excluding carboxylic acids is 2. The number of carbonyl (C=O) groups is 2. The fourth-order valence-corrected chi connectivity index (χ4v) is 3.03. The quantitative estimate of drug-likeness (QED) is 0.827. The van der Waals surface area contributed by atoms with Crippen LogP contribution in [0.25, 0.3) is 0 Å². The van der Waals surface area contributed by atoms with Crippen LogP contribution in [0.1, 0.15) is 30.6 Å². The molecule has 1 aliphatic heterocycles. The standard InChI is InChI=1S/C16H20Cl2N2O2/c1-11(2)15(21)19-6-3-7-20(9-8-19)16(22)13-5-4-12(17)10-14(13)18/h4-5,10-11H,3,6-9H2,1-2H3. The molecule has 0 saturated carbocycles. The predicted octanol–water partition coefficient (Wildman–Crippen LogP) is 3.32. The molecule has 0 aromatic heterocycles. The molecule has 22 heavy (non-hydrogen) atoms. The van der Waals surface area contributed by atoms with Crippen molar-refractivity contribution in [1.82, 2.24) is 9.80 Å². The molecule has 0 unspecified atom stereocenters. The maximum atomic E-state index is 12.6. The van der Waals surface area contributed by atoms with Crippen LogP contribution in [0.5, 0.6) is 0 Å². The van der Waals surface area contributed by atoms with E-state index in [1.54, 1.807) is 23.1 Å². The van der Waals surface area contributed by atoms with Gasteiger partial charge in [0.05, 0.1) is 10.6 Å². The number of amides is 2. The summed E-state index contributed by atoms with van der Waals surface area (Å²) in [6.45, 7) is 6.19. The summed E-state index contributed by atoms with van der Waals surface area (Å²) in [5.41, 5.74) is 0.453. The summed E-state index contributed by atoms with van der Waals surface area (Å²) < 4.78 is 0. The SMILES string of the molecule is CC(C)C(=O)N1CCCN(C(=O)c2ccc(Cl)cc2Cl)CC1. The highest BCUT2D eigenvalue weighted by atomic mass is 35.5. The van der Waals surface area contributed by atoms with Crippen molar-refractivity contribution < 1.29 is 9.59 Å². The monoisotopic (exact) mass is 342 g/mol. The molecular weight excluding hydrogens is 323 g/mol. The molecular formula is C16H20Cl2N2O2. The van der Waals surface area contributed by atoms with Crippen LogP contribution in [0.4, 0.5) is 0 Å². The normalized spacial score (nSPS) is 15.9. The van der Waals surface area contributed by atoms with Crippen molar-refractivity contribution in [1.29, 1.82) is 0 Å². The molecule has 6 heteroatoms. The Morgan fingerprint density at radius 2 is 1.68 bits per heavy atom. The largest absolute Gasteiger partial charge is 0.341 e. The molecule has 1 aromatic carbocycles. The number of benzene rings is 1. The van der Waals surface area contributed by atoms with Crippen LogP contribution >= 0.6 is 23.2 Å². The Kier molecular flexibility index (Phi) is 5.70. The highest BCUT2D eigenvalue weighted by molar-refractivity contribution is 6.36. The van der Waals surface area contributed by atoms with Gasteiger partial charge in [0.1, 0.15) is 0 Å². The van der Waals surface area contributed by atoms with E-state index in [4.69, 9.17) is 23.2 Å². The fraction of sp³-hybridized carbons (Fsp3) is 0.500. The van der Waals surface area contributed by atoms with Gasteiger partial charge in [-0.1, -0.05) is 37.0 Å². The van der Waals surface area contributed by atoms with Crippen LogP contribution in [-0.2, 0) is 4.79 Å². The first kappa shape index (κ1) is 17.1. The number of hydrogen-bond donors (Lipinski definition) is 0. The Morgan fingerprint density at radius 1 is 1.05 bits per heavy atom. The van der Waals surface area contributed by atoms with Crippen molar-refractivity contribution in [3.8, 4) is 0 Å². The van der Waals surface area contributed by atoms with E-state index in [2.05, 4.69) is 0 Å². The van der Waals surface area contributed by atoms with E-state index in [1.807, 2.05) is 18.7 Å². The number of nitrogens with zero attached hydrogens (tertiary/aromatic N) is 2. The average molecular weight is 343 g/mol. The minimum absolute atomic E-state index is 0.0204. The molecule has 1 saturated heterocycles. The molecule has 0 bridgehead atoms. The van der Waals surface area contributed by atoms with Gasteiger partial charge in [0, 0.05) is 37.1 Å². The van der Waals surface area contributed by atoms with Crippen LogP contribution in [-0.4, -0.2) is 47.8 Å². The van der Waals surface area contributed by atoms with E-state index in [1.165, 1.54) is 0 Å². The molecule has 120 valence electrons. The van der Waals surface area contributed by atoms with Crippen molar-refractivity contribution in [2.75, 3.05) is 26.2 Å². The summed E-state index contributed by atoms with van der Waals surface area (Å²) in [6, 6.07) is 4.88. The van der Waals surface area contributed by atoms with Crippen LogP contribution in [0, 0.1) is 5.92 Å². The van der Waals surface area contributed by atoms with Gasteiger partial charge in [0.2, 0.25) is 5.91 Å². The maximum absolute atomic E-state index is 12.6. The molecule has 0 atom stereocenters. The van der Waals surface area contributed by atoms with Gasteiger partial charge in [0.15, 0.2) is 0 Å². The molecule has 0 spiro atoms. The second-order valence-corrected chi connectivity index (χ2v) is 6.59. The fourth-order valence-electron chi connectivity index (χ4n) is 2.54. The van der Waals surface area contributed by atoms with Crippen LogP contribution in [0.15, 0.2) is 18.2 Å². The second-order valence-electron chi connectivity index (χ2n) is 5.75. The van der Waals surface area contributed by atoms with Gasteiger partial charge in [0.25, 0.3) is 5.91 Å². The first-order valence-corrected chi connectivity index (χ1v) is 8.19. The van der Waals surface area contributed by atoms with Crippen molar-refractivity contribution in [3.63, 3.8) is 0 Å². The molecule has 2 amide bonds. The Labute approximate surface area is 141 Å². The van der Waals surface area contributed by atoms with Gasteiger partial charge in [-0.25, -0.2) is 0 Å². The van der Waals surface area contributed by atoms with Gasteiger partial charge < -0.3 is 9.80 Å². The predicted molar refractivity (Wildman–Crippen MR) is 88.4 cm³/mol. The number of rotatable bonds is 2. The Hall–Kier alpha value is -1.26. The molecule has 0 N–H and O–H groups in total. The lowest BCUT2D eigenvalue weighted by atomic mass is 10.2. The van der Waals surface area contributed by atoms with E-state index in [9.17, 15) is 9.59 Å². The number of hydrogen-bond acceptors (Lipinski definition) is 2. The minimum atomic E-state index is -0.111. The zero-order valence-electron chi connectivity index (χ0n) is 12.8. The van der Waals surface area contributed by atoms with E-state index in [0.717, 1.165) is 6.42 Å². The maximum Gasteiger partial charge on any atom is 0.255 e. The van der Waals surface area contributed by atoms with Crippen molar-refractivity contribution in [3.05, 3.63) is 33.8 Å². The molecule has 2 rings (SSSR count). The summed E-state index contributed by atoms with van der Waals surface area (Å²) >= 11 is 12.0. The Bertz CT molecular complexity index is 575. The first-order chi connectivity index (χ1) is 10.4. The van der Waals surface area contributed by atoms with E-state index < -0.39 is 0 Å². The molecule has 1 heterocycles. The van der Waals surface area contributed by atoms with Crippen LogP contribution in [0.3, 0.4) is 0 Å². The summed E-state index contributed by atoms with van der Waals surface area (Å²) in [5.74, 6) is 0.00676. The third-order valence-electron chi connectivity index (χ3n) is 3.75. The highest BCUT2D eigenvalue weighted by Crippen LogP contribution is 2.23. The van der Waals surface area contributed by atoms with E-state index in [0.29, 0.717) is 41.8 Å². The molecule has 1 aliphatic rings. The average Bonchev–Trinajstić information content (AvgIpc) is 2.71. The van der Waals surface area contributed by atoms with Crippen molar-refractivity contribution >= 4 is 35.0 Å². The van der Waals surface area contributed by atoms with Crippen LogP contribution < -0.4 is 0 Å². The van der Waals surface area contributed by atoms with Gasteiger partial charge in [-0.15, -0.1) is 0 Å². The third-order valence-corrected chi connectivity index (χ3v) is 4.30. The van der Waals surface area contributed by atoms with E-state index in [-0.39, 0.29) is 17.7 Å². The summed E-state index contributed by atoms with van der Waals surface area (Å²) in [7, 11) is 0. The smallest absolute Gasteiger partial charge is 0.255 e. The lowest BCUT2D eigenvalue weighted by molar-refractivity contribution is -0.134. The summed E-state index contributed by atoms with van der Waals surface area (Å²) in [4.78, 5) is 28.3. The van der Waals surface area contributed by atoms with Crippen molar-refractivity contribution in [2.45, 2.75) is 20.3 Å². The van der Waals surface area contributed by atoms with Crippen molar-refractivity contribution in [2.24, 2.45) is 5.92 Å². The zero-order chi connectivity index (χ0) is 16.3. The lowest BCUT2D eigenvalue weighted by Gasteiger charge is -2.23. The van der Waals surface area contributed by atoms with Gasteiger partial charge in [-0.3, -0.25) is 9.59 Å². The number of halogens is 2. The Balaban J connectivity index is 2.07. The minimum Gasteiger partial charge on any atom is -0.341 e. The molecule has 4 nitrogen and oxygen atoms in total. The lowest BCUT2D eigenvalue weighted by Crippen LogP contribution is -2.39. The highest BCUT2D eigenvalue weighted by Gasteiger charge is 2.24. The molecule has 1 fully saturated rings. The van der Waals surface area contributed by atoms with Gasteiger partial charge in [-0.05, 0) is 24.6 Å². The second kappa shape index (κ2) is 7.34. The first-order valence-electron chi connectivity index (χ1n) is 7.43. The molecule has 1 aromatic rings. The molecule has 0 radical (unpaired) electrons. The topological polar surface area (TPSA) is 40.6 Å². The Morgan fingerprint density at radius 3 is 2.32 bits per heavy atom. The zero-order valence-corrected chi connectivity index (χ0v) is 14.3. The van der Waals surface area contributed by atoms with Gasteiger partial charge in [-0.2, -0.15) is 0 Å². The van der Waals surface area contributed by atoms with E-state index >= 15 is 0 Å². The third kappa shape index (κ3) is 3.93. The summed E-state index contributed by atoms with van der Waals surface area (Å²) in [5, 5.41) is 0.864. The van der Waals surface area contributed by atoms with Crippen LogP contribution in [0.2, 0.25) is 10.0 Å². The summed E-state index contributed by atoms with van der Waals surface area (Å²) in [6.07, 6.45) is 0.773. The van der Waals surface area contributed by atoms with Gasteiger partial charge >= 0.3 is 0 Å².